The number of anilines is 1. The van der Waals surface area contributed by atoms with Crippen molar-refractivity contribution in [1.82, 2.24) is 34.2 Å². The molecule has 2 unspecified atom stereocenters. The normalized spacial score (nSPS) is 12.5. The molecule has 6 rings (SSSR count). The second-order valence-corrected chi connectivity index (χ2v) is 18.5. The van der Waals surface area contributed by atoms with E-state index >= 15 is 0 Å². The van der Waals surface area contributed by atoms with Gasteiger partial charge in [0.25, 0.3) is 5.91 Å². The molecule has 378 valence electrons. The Balaban J connectivity index is 0.846. The number of hydrogen-bond donors (Lipinski definition) is 5. The van der Waals surface area contributed by atoms with Crippen molar-refractivity contribution in [3.05, 3.63) is 143 Å². The molecule has 19 nitrogen and oxygen atoms in total. The highest BCUT2D eigenvalue weighted by atomic mass is 32.2. The first-order valence-corrected chi connectivity index (χ1v) is 25.2. The number of aryl methyl sites for hydroxylation is 2. The highest BCUT2D eigenvalue weighted by molar-refractivity contribution is 7.83. The summed E-state index contributed by atoms with van der Waals surface area (Å²) < 4.78 is 62.3. The van der Waals surface area contributed by atoms with Gasteiger partial charge in [0.1, 0.15) is 40.2 Å². The van der Waals surface area contributed by atoms with Gasteiger partial charge >= 0.3 is 12.1 Å². The fourth-order valence-electron chi connectivity index (χ4n) is 6.96. The van der Waals surface area contributed by atoms with E-state index in [1.54, 1.807) is 66.3 Å². The van der Waals surface area contributed by atoms with Gasteiger partial charge in [-0.2, -0.15) is 0 Å². The second kappa shape index (κ2) is 28.3. The number of methoxy groups -OCH3 is 1. The van der Waals surface area contributed by atoms with Crippen LogP contribution in [0.3, 0.4) is 0 Å². The Labute approximate surface area is 417 Å². The van der Waals surface area contributed by atoms with Crippen LogP contribution in [0.5, 0.6) is 0 Å². The number of carbonyl (C=O) groups excluding carboxylic acids is 3. The van der Waals surface area contributed by atoms with Crippen LogP contribution in [0, 0.1) is 0 Å². The number of nitrogens with one attached hydrogen (secondary N) is 5. The van der Waals surface area contributed by atoms with Gasteiger partial charge in [0.15, 0.2) is 0 Å². The van der Waals surface area contributed by atoms with Crippen LogP contribution in [0.4, 0.5) is 10.7 Å². The van der Waals surface area contributed by atoms with Crippen LogP contribution in [0.25, 0.3) is 22.0 Å². The summed E-state index contributed by atoms with van der Waals surface area (Å²) in [7, 11) is 1.48. The van der Waals surface area contributed by atoms with Gasteiger partial charge in [-0.3, -0.25) is 14.4 Å². The summed E-state index contributed by atoms with van der Waals surface area (Å²) in [5.74, 6) is -0.758. The third-order valence-corrected chi connectivity index (χ3v) is 13.2. The van der Waals surface area contributed by atoms with Gasteiger partial charge in [0.2, 0.25) is 11.4 Å². The van der Waals surface area contributed by atoms with Gasteiger partial charge in [-0.25, -0.2) is 27.6 Å². The number of rotatable bonds is 29. The van der Waals surface area contributed by atoms with E-state index in [0.29, 0.717) is 98.8 Å². The maximum Gasteiger partial charge on any atom is 0.407 e. The van der Waals surface area contributed by atoms with Crippen molar-refractivity contribution in [3.8, 4) is 11.1 Å². The zero-order chi connectivity index (χ0) is 50.4. The first-order valence-electron chi connectivity index (χ1n) is 22.9. The Morgan fingerprint density at radius 1 is 0.718 bits per heavy atom. The number of esters is 1. The number of amides is 2. The zero-order valence-corrected chi connectivity index (χ0v) is 41.5. The van der Waals surface area contributed by atoms with Crippen LogP contribution < -0.4 is 30.8 Å². The summed E-state index contributed by atoms with van der Waals surface area (Å²) in [5, 5.41) is 8.92. The monoisotopic (exact) mass is 1010 g/mol. The van der Waals surface area contributed by atoms with E-state index < -0.39 is 51.4 Å². The SMILES string of the molecule is COC(=O)[C@H](CNC(=O)c1cn(C)c2cc(CNc3nccn3C)ccc2c1=O)NS(=O)c1ccc(-c2ccc(S(=O)NCCCOCCOCCOCCCNC(=O)OCc3ccccc3)cc2)cc1. The van der Waals surface area contributed by atoms with E-state index in [1.807, 2.05) is 66.3 Å². The molecule has 3 atom stereocenters. The lowest BCUT2D eigenvalue weighted by Gasteiger charge is -2.17. The number of benzene rings is 4. The fourth-order valence-corrected chi connectivity index (χ4v) is 8.80. The summed E-state index contributed by atoms with van der Waals surface area (Å²) in [6, 6.07) is 27.7. The molecule has 0 saturated carbocycles. The second-order valence-electron chi connectivity index (χ2n) is 16.0. The number of ether oxygens (including phenoxy) is 5. The number of pyridine rings is 1. The molecule has 5 N–H and O–H groups in total. The highest BCUT2D eigenvalue weighted by Crippen LogP contribution is 2.22. The van der Waals surface area contributed by atoms with E-state index in [-0.39, 0.29) is 18.7 Å². The third kappa shape index (κ3) is 16.8. The molecule has 4 aromatic carbocycles. The average Bonchev–Trinajstić information content (AvgIpc) is 3.82. The van der Waals surface area contributed by atoms with Gasteiger partial charge in [-0.1, -0.05) is 60.7 Å². The minimum atomic E-state index is -1.89. The van der Waals surface area contributed by atoms with Crippen LogP contribution in [-0.2, 0) is 77.7 Å². The highest BCUT2D eigenvalue weighted by Gasteiger charge is 2.24. The summed E-state index contributed by atoms with van der Waals surface area (Å²) in [5.41, 5.74) is 3.55. The molecule has 71 heavy (non-hydrogen) atoms. The lowest BCUT2D eigenvalue weighted by Crippen LogP contribution is -2.47. The molecule has 0 fully saturated rings. The number of imidazole rings is 1. The standard InChI is InChI=1S/C50H60N8O11S2/c1-57-24-23-51-49(57)54-32-37-11-20-42-45(31-37)58(2)34-43(46(42)59)47(60)53-33-44(48(61)65-3)56-71(64)41-18-14-39(15-19-41)38-12-16-40(17-13-38)70(63)55-22-8-26-67-28-30-68-29-27-66-25-7-21-52-50(62)69-35-36-9-5-4-6-10-36/h4-6,9-20,23-24,31,34,44,55-56H,7-8,21-22,25-30,32-33,35H2,1-3H3,(H,51,54)(H,52,62)(H,53,60)/t44-,70?,71?/m0/s1. The topological polar surface area (TPSA) is 231 Å². The van der Waals surface area contributed by atoms with Gasteiger partial charge in [0, 0.05) is 77.5 Å². The number of hydrogen-bond acceptors (Lipinski definition) is 13. The number of fused-ring (bicyclic) bond motifs is 1. The largest absolute Gasteiger partial charge is 0.468 e. The molecular weight excluding hydrogens is 953 g/mol. The molecular formula is C50H60N8O11S2. The minimum absolute atomic E-state index is 0.117. The predicted molar refractivity (Wildman–Crippen MR) is 270 cm³/mol. The lowest BCUT2D eigenvalue weighted by molar-refractivity contribution is -0.142. The van der Waals surface area contributed by atoms with Crippen molar-refractivity contribution in [2.24, 2.45) is 14.1 Å². The Hall–Kier alpha value is -6.59. The van der Waals surface area contributed by atoms with Gasteiger partial charge in [-0.15, -0.1) is 0 Å². The average molecular weight is 1010 g/mol. The molecule has 0 radical (unpaired) electrons. The molecule has 6 aromatic rings. The van der Waals surface area contributed by atoms with E-state index in [4.69, 9.17) is 23.7 Å². The van der Waals surface area contributed by atoms with E-state index in [0.717, 1.165) is 22.3 Å². The Morgan fingerprint density at radius 2 is 1.35 bits per heavy atom. The number of carbonyl (C=O) groups is 3. The van der Waals surface area contributed by atoms with Crippen molar-refractivity contribution < 1.29 is 46.5 Å². The number of aromatic nitrogens is 3. The molecule has 0 saturated heterocycles. The Kier molecular flexibility index (Phi) is 21.4. The summed E-state index contributed by atoms with van der Waals surface area (Å²) in [4.78, 5) is 56.6. The third-order valence-electron chi connectivity index (χ3n) is 10.8. The van der Waals surface area contributed by atoms with Crippen molar-refractivity contribution in [3.63, 3.8) is 0 Å². The lowest BCUT2D eigenvalue weighted by atomic mass is 10.1. The summed E-state index contributed by atoms with van der Waals surface area (Å²) >= 11 is 0. The summed E-state index contributed by atoms with van der Waals surface area (Å²) in [6.07, 6.45) is 5.81. The first kappa shape index (κ1) is 53.8. The fraction of sp³-hybridized carbons (Fsp3) is 0.340. The molecule has 0 aliphatic rings. The van der Waals surface area contributed by atoms with Crippen molar-refractivity contribution >= 4 is 56.8 Å². The van der Waals surface area contributed by atoms with Crippen LogP contribution in [0.1, 0.15) is 34.3 Å². The Bertz CT molecular complexity index is 2770. The van der Waals surface area contributed by atoms with Crippen molar-refractivity contribution in [1.29, 1.82) is 0 Å². The van der Waals surface area contributed by atoms with Crippen LogP contribution >= 0.6 is 0 Å². The molecule has 2 heterocycles. The van der Waals surface area contributed by atoms with Crippen LogP contribution in [0.15, 0.2) is 130 Å². The maximum atomic E-state index is 13.5. The number of alkyl carbamates (subject to hydrolysis) is 1. The van der Waals surface area contributed by atoms with E-state index in [9.17, 15) is 27.6 Å². The number of nitrogens with zero attached hydrogens (tertiary/aromatic N) is 3. The quantitative estimate of drug-likeness (QED) is 0.0322. The molecule has 21 heteroatoms. The van der Waals surface area contributed by atoms with Crippen LogP contribution in [-0.4, -0.2) is 113 Å². The zero-order valence-electron chi connectivity index (χ0n) is 39.9. The van der Waals surface area contributed by atoms with Gasteiger partial charge in [-0.05, 0) is 71.5 Å². The van der Waals surface area contributed by atoms with Gasteiger partial charge < -0.3 is 48.8 Å². The van der Waals surface area contributed by atoms with Crippen molar-refractivity contribution in [2.75, 3.05) is 71.7 Å². The summed E-state index contributed by atoms with van der Waals surface area (Å²) in [6.45, 7) is 4.00. The molecule has 0 spiro atoms. The van der Waals surface area contributed by atoms with E-state index in [2.05, 4.69) is 30.4 Å². The molecule has 0 aliphatic heterocycles. The van der Waals surface area contributed by atoms with Crippen molar-refractivity contribution in [2.45, 2.75) is 41.8 Å². The van der Waals surface area contributed by atoms with E-state index in [1.165, 1.54) is 13.3 Å². The molecule has 2 aromatic heterocycles. The smallest absolute Gasteiger partial charge is 0.407 e. The minimum Gasteiger partial charge on any atom is -0.468 e. The predicted octanol–water partition coefficient (Wildman–Crippen LogP) is 4.50. The van der Waals surface area contributed by atoms with Gasteiger partial charge in [0.05, 0.1) is 48.8 Å². The first-order chi connectivity index (χ1) is 34.5. The maximum absolute atomic E-state index is 13.5. The molecule has 0 aliphatic carbocycles. The van der Waals surface area contributed by atoms with Crippen LogP contribution in [0.2, 0.25) is 0 Å². The Morgan fingerprint density at radius 3 is 1.99 bits per heavy atom. The molecule has 2 amide bonds. The molecule has 0 bridgehead atoms.